The molecule has 0 radical (unpaired) electrons. The summed E-state index contributed by atoms with van der Waals surface area (Å²) in [6.45, 7) is 6.56. The average Bonchev–Trinajstić information content (AvgIpc) is 2.27. The van der Waals surface area contributed by atoms with E-state index in [2.05, 4.69) is 19.5 Å². The zero-order valence-electron chi connectivity index (χ0n) is 12.5. The van der Waals surface area contributed by atoms with Crippen molar-refractivity contribution in [3.8, 4) is 0 Å². The lowest BCUT2D eigenvalue weighted by molar-refractivity contribution is 0.212. The molecule has 0 bridgehead atoms. The molecule has 0 saturated carbocycles. The largest absolute Gasteiger partial charge is 0.409 e. The highest BCUT2D eigenvalue weighted by Gasteiger charge is 2.42. The molecule has 0 aliphatic carbocycles. The van der Waals surface area contributed by atoms with Gasteiger partial charge in [0, 0.05) is 18.6 Å². The standard InChI is InChI=1S/C11H25N5O3S/c1-10(2,3)14-20(18,19)15-11(9(12)13-17)5-7-16(4)8-6-11/h14-15,17H,5-8H2,1-4H3,(H2,12,13). The second-order valence-electron chi connectivity index (χ2n) is 6.33. The second kappa shape index (κ2) is 5.84. The van der Waals surface area contributed by atoms with E-state index in [1.165, 1.54) is 0 Å². The molecule has 0 amide bonds. The second-order valence-corrected chi connectivity index (χ2v) is 7.74. The number of rotatable bonds is 4. The molecule has 0 spiro atoms. The van der Waals surface area contributed by atoms with E-state index in [1.54, 1.807) is 20.8 Å². The third-order valence-corrected chi connectivity index (χ3v) is 4.75. The molecular weight excluding hydrogens is 282 g/mol. The first-order valence-corrected chi connectivity index (χ1v) is 7.97. The van der Waals surface area contributed by atoms with Crippen molar-refractivity contribution in [1.82, 2.24) is 14.3 Å². The van der Waals surface area contributed by atoms with E-state index < -0.39 is 21.3 Å². The van der Waals surface area contributed by atoms with E-state index in [0.717, 1.165) is 0 Å². The van der Waals surface area contributed by atoms with Gasteiger partial charge in [-0.05, 0) is 40.7 Å². The van der Waals surface area contributed by atoms with Gasteiger partial charge >= 0.3 is 0 Å². The van der Waals surface area contributed by atoms with Gasteiger partial charge in [0.15, 0.2) is 5.84 Å². The molecule has 5 N–H and O–H groups in total. The minimum Gasteiger partial charge on any atom is -0.409 e. The van der Waals surface area contributed by atoms with E-state index in [1.807, 2.05) is 7.05 Å². The fraction of sp³-hybridized carbons (Fsp3) is 0.909. The van der Waals surface area contributed by atoms with Crippen LogP contribution in [0, 0.1) is 0 Å². The average molecular weight is 307 g/mol. The molecule has 1 aliphatic rings. The molecule has 8 nitrogen and oxygen atoms in total. The molecule has 0 aromatic carbocycles. The van der Waals surface area contributed by atoms with Crippen LogP contribution in [-0.2, 0) is 10.2 Å². The van der Waals surface area contributed by atoms with E-state index >= 15 is 0 Å². The van der Waals surface area contributed by atoms with E-state index in [4.69, 9.17) is 10.9 Å². The summed E-state index contributed by atoms with van der Waals surface area (Å²) in [5, 5.41) is 12.0. The predicted molar refractivity (Wildman–Crippen MR) is 77.8 cm³/mol. The van der Waals surface area contributed by atoms with Crippen LogP contribution >= 0.6 is 0 Å². The van der Waals surface area contributed by atoms with Gasteiger partial charge < -0.3 is 15.8 Å². The van der Waals surface area contributed by atoms with E-state index in [9.17, 15) is 8.42 Å². The Morgan fingerprint density at radius 2 is 1.85 bits per heavy atom. The zero-order chi connectivity index (χ0) is 15.6. The first kappa shape index (κ1) is 17.2. The van der Waals surface area contributed by atoms with Gasteiger partial charge in [-0.1, -0.05) is 5.16 Å². The molecule has 1 saturated heterocycles. The minimum absolute atomic E-state index is 0.107. The third-order valence-electron chi connectivity index (χ3n) is 3.21. The number of nitrogens with one attached hydrogen (secondary N) is 2. The van der Waals surface area contributed by atoms with Crippen LogP contribution in [0.15, 0.2) is 5.16 Å². The Kier molecular flexibility index (Phi) is 5.01. The van der Waals surface area contributed by atoms with Crippen LogP contribution in [-0.4, -0.2) is 55.6 Å². The first-order chi connectivity index (χ1) is 9.00. The molecule has 9 heteroatoms. The van der Waals surface area contributed by atoms with Crippen LogP contribution in [0.3, 0.4) is 0 Å². The van der Waals surface area contributed by atoms with Gasteiger partial charge in [0.05, 0.1) is 5.54 Å². The van der Waals surface area contributed by atoms with Crippen molar-refractivity contribution < 1.29 is 13.6 Å². The van der Waals surface area contributed by atoms with Crippen molar-refractivity contribution in [2.45, 2.75) is 44.7 Å². The van der Waals surface area contributed by atoms with Crippen LogP contribution in [0.25, 0.3) is 0 Å². The van der Waals surface area contributed by atoms with Gasteiger partial charge in [-0.15, -0.1) is 0 Å². The van der Waals surface area contributed by atoms with E-state index in [-0.39, 0.29) is 5.84 Å². The Bertz CT molecular complexity index is 461. The van der Waals surface area contributed by atoms with Crippen LogP contribution in [0.2, 0.25) is 0 Å². The molecule has 1 heterocycles. The summed E-state index contributed by atoms with van der Waals surface area (Å²) in [5.74, 6) is -0.107. The lowest BCUT2D eigenvalue weighted by Crippen LogP contribution is -2.64. The summed E-state index contributed by atoms with van der Waals surface area (Å²) in [6, 6.07) is 0. The molecule has 20 heavy (non-hydrogen) atoms. The summed E-state index contributed by atoms with van der Waals surface area (Å²) in [6.07, 6.45) is 0.898. The van der Waals surface area contributed by atoms with Gasteiger partial charge in [0.25, 0.3) is 10.2 Å². The molecule has 1 aliphatic heterocycles. The Labute approximate surface area is 120 Å². The maximum absolute atomic E-state index is 12.2. The Hall–Kier alpha value is -0.900. The fourth-order valence-electron chi connectivity index (χ4n) is 2.19. The Balaban J connectivity index is 2.98. The van der Waals surface area contributed by atoms with Gasteiger partial charge in [-0.25, -0.2) is 0 Å². The quantitative estimate of drug-likeness (QED) is 0.240. The molecule has 0 aromatic rings. The van der Waals surface area contributed by atoms with Crippen LogP contribution in [0.5, 0.6) is 0 Å². The number of nitrogens with two attached hydrogens (primary N) is 1. The normalized spacial score (nSPS) is 21.9. The van der Waals surface area contributed by atoms with Crippen LogP contribution in [0.1, 0.15) is 33.6 Å². The van der Waals surface area contributed by atoms with Gasteiger partial charge in [0.2, 0.25) is 0 Å². The molecule has 1 rings (SSSR count). The molecular formula is C11H25N5O3S. The zero-order valence-corrected chi connectivity index (χ0v) is 13.3. The lowest BCUT2D eigenvalue weighted by atomic mass is 9.88. The number of hydrogen-bond donors (Lipinski definition) is 4. The number of oxime groups is 1. The van der Waals surface area contributed by atoms with Crippen molar-refractivity contribution >= 4 is 16.0 Å². The number of amidine groups is 1. The topological polar surface area (TPSA) is 120 Å². The molecule has 1 fully saturated rings. The fourth-order valence-corrected chi connectivity index (χ4v) is 3.87. The highest BCUT2D eigenvalue weighted by atomic mass is 32.2. The molecule has 0 unspecified atom stereocenters. The number of nitrogens with zero attached hydrogens (tertiary/aromatic N) is 2. The van der Waals surface area contributed by atoms with Gasteiger partial charge in [-0.2, -0.15) is 17.9 Å². The monoisotopic (exact) mass is 307 g/mol. The van der Waals surface area contributed by atoms with Crippen molar-refractivity contribution in [1.29, 1.82) is 0 Å². The van der Waals surface area contributed by atoms with Crippen molar-refractivity contribution in [3.63, 3.8) is 0 Å². The number of piperidine rings is 1. The van der Waals surface area contributed by atoms with Crippen molar-refractivity contribution in [3.05, 3.63) is 0 Å². The summed E-state index contributed by atoms with van der Waals surface area (Å²) < 4.78 is 29.5. The Morgan fingerprint density at radius 1 is 1.35 bits per heavy atom. The number of likely N-dealkylation sites (tertiary alicyclic amines) is 1. The van der Waals surface area contributed by atoms with E-state index in [0.29, 0.717) is 25.9 Å². The highest BCUT2D eigenvalue weighted by Crippen LogP contribution is 2.23. The summed E-state index contributed by atoms with van der Waals surface area (Å²) in [7, 11) is -1.82. The lowest BCUT2D eigenvalue weighted by Gasteiger charge is -2.40. The predicted octanol–water partition coefficient (Wildman–Crippen LogP) is -0.580. The van der Waals surface area contributed by atoms with Crippen molar-refractivity contribution in [2.75, 3.05) is 20.1 Å². The maximum Gasteiger partial charge on any atom is 0.278 e. The molecule has 0 atom stereocenters. The minimum atomic E-state index is -3.76. The third kappa shape index (κ3) is 4.58. The highest BCUT2D eigenvalue weighted by molar-refractivity contribution is 7.87. The van der Waals surface area contributed by atoms with Crippen LogP contribution in [0.4, 0.5) is 0 Å². The smallest absolute Gasteiger partial charge is 0.278 e. The summed E-state index contributed by atoms with van der Waals surface area (Å²) >= 11 is 0. The summed E-state index contributed by atoms with van der Waals surface area (Å²) in [5.41, 5.74) is 4.07. The first-order valence-electron chi connectivity index (χ1n) is 6.49. The van der Waals surface area contributed by atoms with Gasteiger partial charge in [0.1, 0.15) is 0 Å². The maximum atomic E-state index is 12.2. The van der Waals surface area contributed by atoms with Crippen LogP contribution < -0.4 is 15.2 Å². The van der Waals surface area contributed by atoms with Gasteiger partial charge in [-0.3, -0.25) is 0 Å². The van der Waals surface area contributed by atoms with Crippen molar-refractivity contribution in [2.24, 2.45) is 10.9 Å². The summed E-state index contributed by atoms with van der Waals surface area (Å²) in [4.78, 5) is 2.06. The molecule has 0 aromatic heterocycles. The molecule has 118 valence electrons. The number of hydrogen-bond acceptors (Lipinski definition) is 5. The SMILES string of the molecule is CN1CCC(NS(=O)(=O)NC(C)(C)C)(C(N)=NO)CC1. The Morgan fingerprint density at radius 3 is 2.25 bits per heavy atom.